The summed E-state index contributed by atoms with van der Waals surface area (Å²) in [4.78, 5) is 0. The van der Waals surface area contributed by atoms with Gasteiger partial charge in [0, 0.05) is 12.6 Å². The SMILES string of the molecule is CCCCC1CCC(C(COCC)NCCC)CC1. The highest BCUT2D eigenvalue weighted by Crippen LogP contribution is 2.33. The van der Waals surface area contributed by atoms with Crippen LogP contribution >= 0.6 is 0 Å². The number of rotatable bonds is 10. The van der Waals surface area contributed by atoms with Gasteiger partial charge in [-0.25, -0.2) is 0 Å². The van der Waals surface area contributed by atoms with Crippen molar-refractivity contribution in [3.8, 4) is 0 Å². The Morgan fingerprint density at radius 1 is 1.05 bits per heavy atom. The van der Waals surface area contributed by atoms with Crippen LogP contribution in [0.15, 0.2) is 0 Å². The van der Waals surface area contributed by atoms with Crippen molar-refractivity contribution < 1.29 is 4.74 Å². The maximum absolute atomic E-state index is 5.68. The van der Waals surface area contributed by atoms with Gasteiger partial charge in [-0.05, 0) is 44.6 Å². The molecular formula is C17H35NO. The van der Waals surface area contributed by atoms with Crippen molar-refractivity contribution in [2.24, 2.45) is 11.8 Å². The molecule has 0 aromatic rings. The molecule has 0 radical (unpaired) electrons. The van der Waals surface area contributed by atoms with E-state index in [0.717, 1.165) is 31.6 Å². The minimum absolute atomic E-state index is 0.590. The first kappa shape index (κ1) is 17.0. The highest BCUT2D eigenvalue weighted by atomic mass is 16.5. The lowest BCUT2D eigenvalue weighted by Crippen LogP contribution is -2.42. The molecule has 0 aliphatic heterocycles. The van der Waals surface area contributed by atoms with E-state index in [4.69, 9.17) is 4.74 Å². The molecule has 2 heteroatoms. The van der Waals surface area contributed by atoms with Crippen molar-refractivity contribution in [1.82, 2.24) is 5.32 Å². The summed E-state index contributed by atoms with van der Waals surface area (Å²) in [5, 5.41) is 3.71. The Bertz CT molecular complexity index is 191. The molecule has 1 aliphatic carbocycles. The summed E-state index contributed by atoms with van der Waals surface area (Å²) in [5.41, 5.74) is 0. The number of ether oxygens (including phenoxy) is 1. The molecule has 1 rings (SSSR count). The Morgan fingerprint density at radius 3 is 2.37 bits per heavy atom. The van der Waals surface area contributed by atoms with Gasteiger partial charge >= 0.3 is 0 Å². The van der Waals surface area contributed by atoms with Crippen LogP contribution in [0, 0.1) is 11.8 Å². The van der Waals surface area contributed by atoms with Crippen molar-refractivity contribution in [2.75, 3.05) is 19.8 Å². The molecule has 0 spiro atoms. The lowest BCUT2D eigenvalue weighted by Gasteiger charge is -2.34. The Labute approximate surface area is 120 Å². The van der Waals surface area contributed by atoms with E-state index >= 15 is 0 Å². The van der Waals surface area contributed by atoms with E-state index in [0.29, 0.717) is 6.04 Å². The standard InChI is InChI=1S/C17H35NO/c1-4-7-8-15-9-11-16(12-10-15)17(14-19-6-3)18-13-5-2/h15-18H,4-14H2,1-3H3. The Balaban J connectivity index is 2.30. The highest BCUT2D eigenvalue weighted by Gasteiger charge is 2.27. The summed E-state index contributed by atoms with van der Waals surface area (Å²) in [7, 11) is 0. The first-order chi connectivity index (χ1) is 9.31. The number of nitrogens with one attached hydrogen (secondary N) is 1. The van der Waals surface area contributed by atoms with Crippen molar-refractivity contribution in [3.05, 3.63) is 0 Å². The fourth-order valence-corrected chi connectivity index (χ4v) is 3.31. The van der Waals surface area contributed by atoms with Crippen molar-refractivity contribution >= 4 is 0 Å². The molecule has 19 heavy (non-hydrogen) atoms. The predicted molar refractivity (Wildman–Crippen MR) is 83.5 cm³/mol. The summed E-state index contributed by atoms with van der Waals surface area (Å²) >= 11 is 0. The van der Waals surface area contributed by atoms with E-state index in [2.05, 4.69) is 26.1 Å². The molecule has 1 fully saturated rings. The van der Waals surface area contributed by atoms with Gasteiger partial charge in [-0.2, -0.15) is 0 Å². The van der Waals surface area contributed by atoms with Crippen LogP contribution in [0.4, 0.5) is 0 Å². The lowest BCUT2D eigenvalue weighted by atomic mass is 9.77. The van der Waals surface area contributed by atoms with Gasteiger partial charge in [-0.1, -0.05) is 46.0 Å². The number of hydrogen-bond donors (Lipinski definition) is 1. The van der Waals surface area contributed by atoms with Gasteiger partial charge in [0.1, 0.15) is 0 Å². The Kier molecular flexibility index (Phi) is 9.54. The quantitative estimate of drug-likeness (QED) is 0.635. The molecule has 1 saturated carbocycles. The normalized spacial score (nSPS) is 25.4. The first-order valence-electron chi connectivity index (χ1n) is 8.62. The van der Waals surface area contributed by atoms with Crippen LogP contribution in [0.25, 0.3) is 0 Å². The van der Waals surface area contributed by atoms with Crippen molar-refractivity contribution in [2.45, 2.75) is 78.2 Å². The second-order valence-electron chi connectivity index (χ2n) is 6.14. The van der Waals surface area contributed by atoms with Crippen molar-refractivity contribution in [1.29, 1.82) is 0 Å². The average Bonchev–Trinajstić information content (AvgIpc) is 2.46. The maximum Gasteiger partial charge on any atom is 0.0622 e. The van der Waals surface area contributed by atoms with Gasteiger partial charge in [-0.15, -0.1) is 0 Å². The molecule has 114 valence electrons. The van der Waals surface area contributed by atoms with Crippen LogP contribution in [0.3, 0.4) is 0 Å². The molecule has 0 bridgehead atoms. The molecule has 0 amide bonds. The number of hydrogen-bond acceptors (Lipinski definition) is 2. The van der Waals surface area contributed by atoms with Crippen LogP contribution in [-0.4, -0.2) is 25.8 Å². The van der Waals surface area contributed by atoms with Gasteiger partial charge in [0.25, 0.3) is 0 Å². The molecular weight excluding hydrogens is 234 g/mol. The predicted octanol–water partition coefficient (Wildman–Crippen LogP) is 4.39. The second-order valence-corrected chi connectivity index (χ2v) is 6.14. The fraction of sp³-hybridized carbons (Fsp3) is 1.00. The number of unbranched alkanes of at least 4 members (excludes halogenated alkanes) is 1. The lowest BCUT2D eigenvalue weighted by molar-refractivity contribution is 0.0867. The maximum atomic E-state index is 5.68. The van der Waals surface area contributed by atoms with E-state index in [-0.39, 0.29) is 0 Å². The molecule has 1 N–H and O–H groups in total. The van der Waals surface area contributed by atoms with Gasteiger partial charge in [0.15, 0.2) is 0 Å². The summed E-state index contributed by atoms with van der Waals surface area (Å²) in [6.07, 6.45) is 11.2. The van der Waals surface area contributed by atoms with Gasteiger partial charge in [0.2, 0.25) is 0 Å². The molecule has 2 nitrogen and oxygen atoms in total. The molecule has 0 saturated heterocycles. The van der Waals surface area contributed by atoms with Crippen molar-refractivity contribution in [3.63, 3.8) is 0 Å². The zero-order valence-corrected chi connectivity index (χ0v) is 13.4. The van der Waals surface area contributed by atoms with E-state index in [1.165, 1.54) is 51.4 Å². The molecule has 1 unspecified atom stereocenters. The summed E-state index contributed by atoms with van der Waals surface area (Å²) in [5.74, 6) is 1.85. The first-order valence-corrected chi connectivity index (χ1v) is 8.62. The van der Waals surface area contributed by atoms with Gasteiger partial charge in [0.05, 0.1) is 6.61 Å². The second kappa shape index (κ2) is 10.7. The average molecular weight is 269 g/mol. The Hall–Kier alpha value is -0.0800. The molecule has 0 aromatic carbocycles. The third-order valence-corrected chi connectivity index (χ3v) is 4.58. The third kappa shape index (κ3) is 6.76. The van der Waals surface area contributed by atoms with E-state index in [1.807, 2.05) is 0 Å². The van der Waals surface area contributed by atoms with Crippen LogP contribution in [0.1, 0.15) is 72.1 Å². The van der Waals surface area contributed by atoms with Crippen LogP contribution in [-0.2, 0) is 4.74 Å². The van der Waals surface area contributed by atoms with Gasteiger partial charge in [-0.3, -0.25) is 0 Å². The molecule has 0 heterocycles. The largest absolute Gasteiger partial charge is 0.380 e. The van der Waals surface area contributed by atoms with Crippen LogP contribution < -0.4 is 5.32 Å². The van der Waals surface area contributed by atoms with Gasteiger partial charge < -0.3 is 10.1 Å². The molecule has 0 aromatic heterocycles. The summed E-state index contributed by atoms with van der Waals surface area (Å²) in [6.45, 7) is 9.52. The van der Waals surface area contributed by atoms with E-state index < -0.39 is 0 Å². The summed E-state index contributed by atoms with van der Waals surface area (Å²) in [6, 6.07) is 0.590. The minimum Gasteiger partial charge on any atom is -0.380 e. The van der Waals surface area contributed by atoms with Crippen LogP contribution in [0.2, 0.25) is 0 Å². The third-order valence-electron chi connectivity index (χ3n) is 4.58. The van der Waals surface area contributed by atoms with E-state index in [9.17, 15) is 0 Å². The topological polar surface area (TPSA) is 21.3 Å². The van der Waals surface area contributed by atoms with E-state index in [1.54, 1.807) is 0 Å². The zero-order valence-electron chi connectivity index (χ0n) is 13.4. The highest BCUT2D eigenvalue weighted by molar-refractivity contribution is 4.82. The van der Waals surface area contributed by atoms with Crippen LogP contribution in [0.5, 0.6) is 0 Å². The molecule has 1 atom stereocenters. The summed E-state index contributed by atoms with van der Waals surface area (Å²) < 4.78 is 5.68. The zero-order chi connectivity index (χ0) is 13.9. The Morgan fingerprint density at radius 2 is 1.79 bits per heavy atom. The monoisotopic (exact) mass is 269 g/mol. The minimum atomic E-state index is 0.590. The fourth-order valence-electron chi connectivity index (χ4n) is 3.31. The smallest absolute Gasteiger partial charge is 0.0622 e. The molecule has 1 aliphatic rings.